The van der Waals surface area contributed by atoms with Crippen LogP contribution in [0.5, 0.6) is 0 Å². The van der Waals surface area contributed by atoms with Gasteiger partial charge >= 0.3 is 6.03 Å². The number of benzene rings is 2. The third-order valence-corrected chi connectivity index (χ3v) is 3.33. The van der Waals surface area contributed by atoms with Crippen LogP contribution in [0.15, 0.2) is 54.6 Å². The van der Waals surface area contributed by atoms with Gasteiger partial charge in [-0.15, -0.1) is 0 Å². The van der Waals surface area contributed by atoms with E-state index in [-0.39, 0.29) is 24.3 Å². The Hall–Kier alpha value is -2.36. The SMILES string of the molecule is CC(CNC(=O)NCc1ccccc1F)c1ccccc1. The summed E-state index contributed by atoms with van der Waals surface area (Å²) >= 11 is 0. The van der Waals surface area contributed by atoms with Crippen molar-refractivity contribution in [3.8, 4) is 0 Å². The average molecular weight is 286 g/mol. The Morgan fingerprint density at radius 2 is 1.71 bits per heavy atom. The van der Waals surface area contributed by atoms with E-state index >= 15 is 0 Å². The van der Waals surface area contributed by atoms with Crippen molar-refractivity contribution in [3.05, 3.63) is 71.5 Å². The minimum Gasteiger partial charge on any atom is -0.338 e. The Labute approximate surface area is 124 Å². The largest absolute Gasteiger partial charge is 0.338 e. The molecule has 0 radical (unpaired) electrons. The summed E-state index contributed by atoms with van der Waals surface area (Å²) in [6.07, 6.45) is 0. The van der Waals surface area contributed by atoms with Crippen LogP contribution in [0.2, 0.25) is 0 Å². The van der Waals surface area contributed by atoms with Crippen LogP contribution in [0.3, 0.4) is 0 Å². The lowest BCUT2D eigenvalue weighted by atomic mass is 10.0. The average Bonchev–Trinajstić information content (AvgIpc) is 2.52. The summed E-state index contributed by atoms with van der Waals surface area (Å²) in [6, 6.07) is 16.1. The van der Waals surface area contributed by atoms with E-state index in [9.17, 15) is 9.18 Å². The molecule has 1 atom stereocenters. The first-order valence-electron chi connectivity index (χ1n) is 6.97. The molecule has 2 aromatic carbocycles. The van der Waals surface area contributed by atoms with Crippen molar-refractivity contribution in [2.45, 2.75) is 19.4 Å². The molecule has 0 heterocycles. The molecule has 0 aliphatic carbocycles. The Morgan fingerprint density at radius 1 is 1.05 bits per heavy atom. The van der Waals surface area contributed by atoms with Crippen LogP contribution in [0.25, 0.3) is 0 Å². The quantitative estimate of drug-likeness (QED) is 0.868. The Balaban J connectivity index is 1.76. The molecular formula is C17H19FN2O. The molecular weight excluding hydrogens is 267 g/mol. The molecule has 0 saturated carbocycles. The molecule has 0 aliphatic heterocycles. The van der Waals surface area contributed by atoms with Crippen LogP contribution in [-0.2, 0) is 6.54 Å². The van der Waals surface area contributed by atoms with E-state index in [1.165, 1.54) is 11.6 Å². The summed E-state index contributed by atoms with van der Waals surface area (Å²) in [5.41, 5.74) is 1.65. The van der Waals surface area contributed by atoms with Gasteiger partial charge in [0.2, 0.25) is 0 Å². The maximum Gasteiger partial charge on any atom is 0.315 e. The summed E-state index contributed by atoms with van der Waals surface area (Å²) in [5, 5.41) is 5.45. The van der Waals surface area contributed by atoms with Crippen LogP contribution in [0.4, 0.5) is 9.18 Å². The number of hydrogen-bond donors (Lipinski definition) is 2. The molecule has 2 rings (SSSR count). The lowest BCUT2D eigenvalue weighted by Crippen LogP contribution is -2.37. The normalized spacial score (nSPS) is 11.7. The van der Waals surface area contributed by atoms with E-state index in [2.05, 4.69) is 10.6 Å². The summed E-state index contributed by atoms with van der Waals surface area (Å²) in [5.74, 6) is -0.0825. The van der Waals surface area contributed by atoms with Gasteiger partial charge in [-0.05, 0) is 17.5 Å². The first-order valence-corrected chi connectivity index (χ1v) is 6.97. The summed E-state index contributed by atoms with van der Waals surface area (Å²) < 4.78 is 13.4. The molecule has 2 aromatic rings. The fourth-order valence-electron chi connectivity index (χ4n) is 2.02. The van der Waals surface area contributed by atoms with E-state index in [0.717, 1.165) is 0 Å². The van der Waals surface area contributed by atoms with E-state index in [1.807, 2.05) is 37.3 Å². The number of nitrogens with one attached hydrogen (secondary N) is 2. The molecule has 3 nitrogen and oxygen atoms in total. The molecule has 4 heteroatoms. The Bertz CT molecular complexity index is 586. The maximum atomic E-state index is 13.4. The van der Waals surface area contributed by atoms with Crippen molar-refractivity contribution in [2.75, 3.05) is 6.54 Å². The van der Waals surface area contributed by atoms with Crippen LogP contribution < -0.4 is 10.6 Å². The molecule has 21 heavy (non-hydrogen) atoms. The van der Waals surface area contributed by atoms with Crippen LogP contribution >= 0.6 is 0 Å². The first kappa shape index (κ1) is 15.0. The van der Waals surface area contributed by atoms with Crippen molar-refractivity contribution in [2.24, 2.45) is 0 Å². The highest BCUT2D eigenvalue weighted by molar-refractivity contribution is 5.73. The predicted octanol–water partition coefficient (Wildman–Crippen LogP) is 3.43. The number of rotatable bonds is 5. The molecule has 0 spiro atoms. The molecule has 0 aromatic heterocycles. The number of urea groups is 1. The van der Waals surface area contributed by atoms with Gasteiger partial charge in [-0.2, -0.15) is 0 Å². The summed E-state index contributed by atoms with van der Waals surface area (Å²) in [7, 11) is 0. The first-order chi connectivity index (χ1) is 10.2. The number of carbonyl (C=O) groups excluding carboxylic acids is 1. The summed E-state index contributed by atoms with van der Waals surface area (Å²) in [6.45, 7) is 2.76. The van der Waals surface area contributed by atoms with Crippen LogP contribution in [0, 0.1) is 5.82 Å². The smallest absolute Gasteiger partial charge is 0.315 e. The summed E-state index contributed by atoms with van der Waals surface area (Å²) in [4.78, 5) is 11.7. The monoisotopic (exact) mass is 286 g/mol. The molecule has 0 fully saturated rings. The van der Waals surface area contributed by atoms with Crippen LogP contribution in [0.1, 0.15) is 24.0 Å². The van der Waals surface area contributed by atoms with Crippen LogP contribution in [-0.4, -0.2) is 12.6 Å². The predicted molar refractivity (Wildman–Crippen MR) is 81.5 cm³/mol. The zero-order valence-corrected chi connectivity index (χ0v) is 12.0. The molecule has 0 aliphatic rings. The Kier molecular flexibility index (Phi) is 5.32. The second kappa shape index (κ2) is 7.43. The lowest BCUT2D eigenvalue weighted by Gasteiger charge is -2.13. The Morgan fingerprint density at radius 3 is 2.43 bits per heavy atom. The van der Waals surface area contributed by atoms with E-state index < -0.39 is 0 Å². The highest BCUT2D eigenvalue weighted by atomic mass is 19.1. The van der Waals surface area contributed by atoms with Crippen molar-refractivity contribution in [1.82, 2.24) is 10.6 Å². The standard InChI is InChI=1S/C17H19FN2O/c1-13(14-7-3-2-4-8-14)11-19-17(21)20-12-15-9-5-6-10-16(15)18/h2-10,13H,11-12H2,1H3,(H2,19,20,21). The van der Waals surface area contributed by atoms with Gasteiger partial charge in [-0.3, -0.25) is 0 Å². The van der Waals surface area contributed by atoms with Gasteiger partial charge < -0.3 is 10.6 Å². The molecule has 1 unspecified atom stereocenters. The van der Waals surface area contributed by atoms with Gasteiger partial charge in [0, 0.05) is 18.7 Å². The second-order valence-corrected chi connectivity index (χ2v) is 4.97. The number of carbonyl (C=O) groups is 1. The number of halogens is 1. The number of hydrogen-bond acceptors (Lipinski definition) is 1. The van der Waals surface area contributed by atoms with Gasteiger partial charge in [0.15, 0.2) is 0 Å². The zero-order valence-electron chi connectivity index (χ0n) is 12.0. The van der Waals surface area contributed by atoms with Crippen molar-refractivity contribution >= 4 is 6.03 Å². The third-order valence-electron chi connectivity index (χ3n) is 3.33. The molecule has 2 N–H and O–H groups in total. The topological polar surface area (TPSA) is 41.1 Å². The van der Waals surface area contributed by atoms with Crippen molar-refractivity contribution in [3.63, 3.8) is 0 Å². The van der Waals surface area contributed by atoms with E-state index in [4.69, 9.17) is 0 Å². The van der Waals surface area contributed by atoms with Gasteiger partial charge in [-0.1, -0.05) is 55.5 Å². The minimum atomic E-state index is -0.310. The van der Waals surface area contributed by atoms with E-state index in [0.29, 0.717) is 12.1 Å². The molecule has 2 amide bonds. The highest BCUT2D eigenvalue weighted by Gasteiger charge is 2.08. The maximum absolute atomic E-state index is 13.4. The molecule has 0 bridgehead atoms. The molecule has 0 saturated heterocycles. The van der Waals surface area contributed by atoms with Gasteiger partial charge in [-0.25, -0.2) is 9.18 Å². The van der Waals surface area contributed by atoms with Gasteiger partial charge in [0.25, 0.3) is 0 Å². The zero-order chi connectivity index (χ0) is 15.1. The van der Waals surface area contributed by atoms with Crippen molar-refractivity contribution < 1.29 is 9.18 Å². The van der Waals surface area contributed by atoms with Gasteiger partial charge in [0.05, 0.1) is 0 Å². The lowest BCUT2D eigenvalue weighted by molar-refractivity contribution is 0.240. The van der Waals surface area contributed by atoms with Gasteiger partial charge in [0.1, 0.15) is 5.82 Å². The van der Waals surface area contributed by atoms with Crippen molar-refractivity contribution in [1.29, 1.82) is 0 Å². The second-order valence-electron chi connectivity index (χ2n) is 4.97. The highest BCUT2D eigenvalue weighted by Crippen LogP contribution is 2.12. The number of amides is 2. The fraction of sp³-hybridized carbons (Fsp3) is 0.235. The minimum absolute atomic E-state index is 0.179. The van der Waals surface area contributed by atoms with E-state index in [1.54, 1.807) is 18.2 Å². The fourth-order valence-corrected chi connectivity index (χ4v) is 2.02. The molecule has 110 valence electrons. The third kappa shape index (κ3) is 4.60.